The van der Waals surface area contributed by atoms with Gasteiger partial charge >= 0.3 is 0 Å². The first-order valence-corrected chi connectivity index (χ1v) is 13.6. The van der Waals surface area contributed by atoms with Crippen LogP contribution in [-0.4, -0.2) is 41.9 Å². The van der Waals surface area contributed by atoms with Crippen LogP contribution in [0.25, 0.3) is 11.8 Å². The SMILES string of the molecule is CC(C)(C)c1ccc(S(=O)(=O)N2CCC3=Cc4c(cnn4-c4ccc(F)cc4)C[C@]3(CC=O)C2)cc1. The average Bonchev–Trinajstić information content (AvgIpc) is 3.24. The molecule has 2 heterocycles. The quantitative estimate of drug-likeness (QED) is 0.460. The summed E-state index contributed by atoms with van der Waals surface area (Å²) in [5.74, 6) is -0.315. The number of aromatic nitrogens is 2. The number of nitrogens with zero attached hydrogens (tertiary/aromatic N) is 3. The summed E-state index contributed by atoms with van der Waals surface area (Å²) in [4.78, 5) is 12.1. The molecule has 3 aromatic rings. The number of hydrogen-bond acceptors (Lipinski definition) is 4. The Hall–Kier alpha value is -3.10. The first-order valence-electron chi connectivity index (χ1n) is 12.1. The smallest absolute Gasteiger partial charge is 0.243 e. The van der Waals surface area contributed by atoms with Crippen molar-refractivity contribution in [1.29, 1.82) is 0 Å². The summed E-state index contributed by atoms with van der Waals surface area (Å²) < 4.78 is 43.9. The Balaban J connectivity index is 1.47. The van der Waals surface area contributed by atoms with Crippen LogP contribution in [0.3, 0.4) is 0 Å². The minimum atomic E-state index is -3.72. The summed E-state index contributed by atoms with van der Waals surface area (Å²) in [6.07, 6.45) is 5.97. The molecular formula is C28H30FN3O3S. The van der Waals surface area contributed by atoms with Gasteiger partial charge in [-0.2, -0.15) is 9.40 Å². The highest BCUT2D eigenvalue weighted by atomic mass is 32.2. The molecule has 1 atom stereocenters. The summed E-state index contributed by atoms with van der Waals surface area (Å²) in [6.45, 7) is 6.85. The molecule has 2 aliphatic rings. The van der Waals surface area contributed by atoms with Crippen LogP contribution in [0.15, 0.2) is 65.2 Å². The molecule has 0 unspecified atom stereocenters. The van der Waals surface area contributed by atoms with Crippen molar-refractivity contribution in [3.63, 3.8) is 0 Å². The molecule has 8 heteroatoms. The standard InChI is InChI=1S/C28H30FN3O3S/c1-27(2,3)21-4-10-25(11-5-21)36(34,35)31-14-12-22-16-26-20(17-28(22,19-31)13-15-33)18-30-32(26)24-8-6-23(29)7-9-24/h4-11,15-16,18H,12-14,17,19H2,1-3H3/t28-/m1/s1. The van der Waals surface area contributed by atoms with Gasteiger partial charge in [0.25, 0.3) is 0 Å². The lowest BCUT2D eigenvalue weighted by Crippen LogP contribution is -2.49. The molecule has 0 amide bonds. The monoisotopic (exact) mass is 507 g/mol. The lowest BCUT2D eigenvalue weighted by molar-refractivity contribution is -0.109. The molecule has 0 spiro atoms. The van der Waals surface area contributed by atoms with Crippen LogP contribution in [0.2, 0.25) is 0 Å². The zero-order valence-corrected chi connectivity index (χ0v) is 21.6. The molecule has 188 valence electrons. The third kappa shape index (κ3) is 4.22. The van der Waals surface area contributed by atoms with E-state index >= 15 is 0 Å². The summed E-state index contributed by atoms with van der Waals surface area (Å²) >= 11 is 0. The van der Waals surface area contributed by atoms with Gasteiger partial charge in [0.15, 0.2) is 0 Å². The van der Waals surface area contributed by atoms with Gasteiger partial charge < -0.3 is 4.79 Å². The normalized spacial score (nSPS) is 20.4. The molecular weight excluding hydrogens is 477 g/mol. The maximum atomic E-state index is 13.6. The number of carbonyl (C=O) groups excluding carboxylic acids is 1. The van der Waals surface area contributed by atoms with Crippen LogP contribution < -0.4 is 0 Å². The maximum absolute atomic E-state index is 13.6. The van der Waals surface area contributed by atoms with E-state index in [0.717, 1.165) is 34.4 Å². The molecule has 0 N–H and O–H groups in total. The first kappa shape index (κ1) is 24.6. The predicted octanol–water partition coefficient (Wildman–Crippen LogP) is 4.92. The van der Waals surface area contributed by atoms with E-state index in [2.05, 4.69) is 25.9 Å². The van der Waals surface area contributed by atoms with E-state index in [-0.39, 0.29) is 29.1 Å². The van der Waals surface area contributed by atoms with E-state index in [1.165, 1.54) is 16.4 Å². The Kier molecular flexibility index (Phi) is 6.00. The van der Waals surface area contributed by atoms with Crippen molar-refractivity contribution in [1.82, 2.24) is 14.1 Å². The second-order valence-corrected chi connectivity index (χ2v) is 12.7. The van der Waals surface area contributed by atoms with Gasteiger partial charge in [0.2, 0.25) is 10.0 Å². The van der Waals surface area contributed by atoms with E-state index in [9.17, 15) is 17.6 Å². The largest absolute Gasteiger partial charge is 0.303 e. The maximum Gasteiger partial charge on any atom is 0.243 e. The fourth-order valence-corrected chi connectivity index (χ4v) is 6.86. The first-order chi connectivity index (χ1) is 17.0. The third-order valence-electron chi connectivity index (χ3n) is 7.42. The third-order valence-corrected chi connectivity index (χ3v) is 9.28. The number of carbonyl (C=O) groups is 1. The highest BCUT2D eigenvalue weighted by Gasteiger charge is 2.45. The van der Waals surface area contributed by atoms with Crippen LogP contribution in [0.1, 0.15) is 50.4 Å². The minimum Gasteiger partial charge on any atom is -0.303 e. The molecule has 1 aliphatic heterocycles. The lowest BCUT2D eigenvalue weighted by Gasteiger charge is -2.45. The molecule has 1 aliphatic carbocycles. The van der Waals surface area contributed by atoms with Crippen molar-refractivity contribution in [2.75, 3.05) is 13.1 Å². The summed E-state index contributed by atoms with van der Waals surface area (Å²) in [5, 5.41) is 4.52. The van der Waals surface area contributed by atoms with Crippen LogP contribution in [0.4, 0.5) is 4.39 Å². The highest BCUT2D eigenvalue weighted by Crippen LogP contribution is 2.47. The van der Waals surface area contributed by atoms with Crippen molar-refractivity contribution < 1.29 is 17.6 Å². The zero-order chi connectivity index (χ0) is 25.7. The summed E-state index contributed by atoms with van der Waals surface area (Å²) in [6, 6.07) is 13.3. The van der Waals surface area contributed by atoms with Crippen molar-refractivity contribution in [2.45, 2.75) is 50.3 Å². The number of sulfonamides is 1. The van der Waals surface area contributed by atoms with Crippen molar-refractivity contribution in [3.8, 4) is 5.69 Å². The number of fused-ring (bicyclic) bond motifs is 2. The molecule has 1 saturated heterocycles. The summed E-state index contributed by atoms with van der Waals surface area (Å²) in [5.41, 5.74) is 4.03. The van der Waals surface area contributed by atoms with Gasteiger partial charge in [0, 0.05) is 24.9 Å². The van der Waals surface area contributed by atoms with Crippen LogP contribution in [0, 0.1) is 11.2 Å². The van der Waals surface area contributed by atoms with E-state index in [1.807, 2.05) is 18.2 Å². The Morgan fingerprint density at radius 1 is 1.08 bits per heavy atom. The molecule has 0 bridgehead atoms. The second-order valence-electron chi connectivity index (χ2n) is 10.8. The Bertz CT molecular complexity index is 1430. The number of aldehydes is 1. The second kappa shape index (κ2) is 8.78. The molecule has 2 aromatic carbocycles. The van der Waals surface area contributed by atoms with Gasteiger partial charge in [0.05, 0.1) is 22.5 Å². The van der Waals surface area contributed by atoms with Gasteiger partial charge in [-0.3, -0.25) is 0 Å². The zero-order valence-electron chi connectivity index (χ0n) is 20.7. The van der Waals surface area contributed by atoms with Crippen LogP contribution >= 0.6 is 0 Å². The van der Waals surface area contributed by atoms with Gasteiger partial charge in [-0.05, 0) is 71.9 Å². The van der Waals surface area contributed by atoms with E-state index < -0.39 is 15.4 Å². The fraction of sp³-hybridized carbons (Fsp3) is 0.357. The van der Waals surface area contributed by atoms with Crippen molar-refractivity contribution >= 4 is 22.4 Å². The number of hydrogen-bond donors (Lipinski definition) is 0. The molecule has 1 aromatic heterocycles. The van der Waals surface area contributed by atoms with Crippen molar-refractivity contribution in [3.05, 3.63) is 82.9 Å². The molecule has 1 fully saturated rings. The van der Waals surface area contributed by atoms with E-state index in [0.29, 0.717) is 19.4 Å². The number of piperidine rings is 1. The average molecular weight is 508 g/mol. The molecule has 0 saturated carbocycles. The molecule has 5 rings (SSSR count). The van der Waals surface area contributed by atoms with Gasteiger partial charge in [-0.15, -0.1) is 0 Å². The molecule has 6 nitrogen and oxygen atoms in total. The Labute approximate surface area is 211 Å². The number of halogens is 1. The van der Waals surface area contributed by atoms with Gasteiger partial charge in [0.1, 0.15) is 12.1 Å². The number of rotatable bonds is 5. The minimum absolute atomic E-state index is 0.0701. The fourth-order valence-electron chi connectivity index (χ4n) is 5.33. The van der Waals surface area contributed by atoms with Crippen LogP contribution in [-0.2, 0) is 26.7 Å². The lowest BCUT2D eigenvalue weighted by atomic mass is 9.67. The predicted molar refractivity (Wildman–Crippen MR) is 137 cm³/mol. The molecule has 0 radical (unpaired) electrons. The Morgan fingerprint density at radius 2 is 1.78 bits per heavy atom. The topological polar surface area (TPSA) is 72.3 Å². The molecule has 36 heavy (non-hydrogen) atoms. The Morgan fingerprint density at radius 3 is 2.42 bits per heavy atom. The highest BCUT2D eigenvalue weighted by molar-refractivity contribution is 7.89. The number of benzene rings is 2. The van der Waals surface area contributed by atoms with Crippen molar-refractivity contribution in [2.24, 2.45) is 5.41 Å². The van der Waals surface area contributed by atoms with E-state index in [1.54, 1.807) is 35.1 Å². The summed E-state index contributed by atoms with van der Waals surface area (Å²) in [7, 11) is -3.72. The van der Waals surface area contributed by atoms with E-state index in [4.69, 9.17) is 0 Å². The van der Waals surface area contributed by atoms with Gasteiger partial charge in [-0.1, -0.05) is 38.5 Å². The van der Waals surface area contributed by atoms with Gasteiger partial charge in [-0.25, -0.2) is 17.5 Å². The van der Waals surface area contributed by atoms with Crippen LogP contribution in [0.5, 0.6) is 0 Å².